The fraction of sp³-hybridized carbons (Fsp3) is 0.357. The summed E-state index contributed by atoms with van der Waals surface area (Å²) in [4.78, 5) is 33.6. The van der Waals surface area contributed by atoms with Gasteiger partial charge in [-0.25, -0.2) is 4.79 Å². The van der Waals surface area contributed by atoms with E-state index < -0.39 is 18.5 Å². The molecule has 0 bridgehead atoms. The van der Waals surface area contributed by atoms with Gasteiger partial charge in [-0.1, -0.05) is 0 Å². The first-order valence-corrected chi connectivity index (χ1v) is 6.45. The number of hydrogen-bond acceptors (Lipinski definition) is 6. The summed E-state index contributed by atoms with van der Waals surface area (Å²) in [5.74, 6) is -0.459. The highest BCUT2D eigenvalue weighted by Crippen LogP contribution is 2.16. The molecule has 2 N–H and O–H groups in total. The Morgan fingerprint density at radius 3 is 2.23 bits per heavy atom. The number of ether oxygens (including phenoxy) is 3. The maximum absolute atomic E-state index is 11.4. The molecule has 0 saturated carbocycles. The molecule has 0 unspecified atom stereocenters. The fourth-order valence-corrected chi connectivity index (χ4v) is 1.32. The van der Waals surface area contributed by atoms with Gasteiger partial charge in [-0.3, -0.25) is 9.59 Å². The van der Waals surface area contributed by atoms with E-state index in [4.69, 9.17) is 14.2 Å². The highest BCUT2D eigenvalue weighted by Gasteiger charge is 2.09. The number of carbonyl (C=O) groups is 3. The molecule has 0 heterocycles. The highest BCUT2D eigenvalue weighted by atomic mass is 16.6. The van der Waals surface area contributed by atoms with E-state index in [1.54, 1.807) is 31.4 Å². The number of likely N-dealkylation sites (N-methyl/N-ethyl adjacent to an activating group) is 1. The predicted molar refractivity (Wildman–Crippen MR) is 76.5 cm³/mol. The number of benzene rings is 1. The van der Waals surface area contributed by atoms with Gasteiger partial charge in [-0.15, -0.1) is 0 Å². The Kier molecular flexibility index (Phi) is 7.24. The largest absolute Gasteiger partial charge is 0.497 e. The molecule has 0 atom stereocenters. The minimum Gasteiger partial charge on any atom is -0.497 e. The third-order valence-electron chi connectivity index (χ3n) is 2.51. The molecule has 0 saturated heterocycles. The lowest BCUT2D eigenvalue weighted by Crippen LogP contribution is -2.37. The summed E-state index contributed by atoms with van der Waals surface area (Å²) in [5, 5.41) is 4.63. The average Bonchev–Trinajstić information content (AvgIpc) is 2.56. The molecule has 2 amide bonds. The summed E-state index contributed by atoms with van der Waals surface area (Å²) in [5.41, 5.74) is 0. The van der Waals surface area contributed by atoms with Gasteiger partial charge in [0, 0.05) is 7.05 Å². The van der Waals surface area contributed by atoms with Crippen molar-refractivity contribution >= 4 is 17.8 Å². The van der Waals surface area contributed by atoms with Gasteiger partial charge in [-0.05, 0) is 24.3 Å². The summed E-state index contributed by atoms with van der Waals surface area (Å²) in [6.45, 7) is -0.966. The summed E-state index contributed by atoms with van der Waals surface area (Å²) in [7, 11) is 2.99. The van der Waals surface area contributed by atoms with Crippen molar-refractivity contribution in [1.82, 2.24) is 10.6 Å². The van der Waals surface area contributed by atoms with Crippen LogP contribution in [0.25, 0.3) is 0 Å². The maximum Gasteiger partial charge on any atom is 0.344 e. The first-order chi connectivity index (χ1) is 10.5. The normalized spacial score (nSPS) is 9.55. The lowest BCUT2D eigenvalue weighted by molar-refractivity contribution is -0.150. The van der Waals surface area contributed by atoms with Gasteiger partial charge in [0.2, 0.25) is 5.91 Å². The monoisotopic (exact) mass is 310 g/mol. The van der Waals surface area contributed by atoms with Crippen molar-refractivity contribution in [2.24, 2.45) is 0 Å². The van der Waals surface area contributed by atoms with E-state index in [0.717, 1.165) is 0 Å². The van der Waals surface area contributed by atoms with E-state index in [1.165, 1.54) is 7.05 Å². The SMILES string of the molecule is CNC(=O)CNC(=O)COC(=O)COc1ccc(OC)cc1. The van der Waals surface area contributed by atoms with Crippen LogP contribution in [0.2, 0.25) is 0 Å². The summed E-state index contributed by atoms with van der Waals surface area (Å²) >= 11 is 0. The second kappa shape index (κ2) is 9.22. The standard InChI is InChI=1S/C14H18N2O6/c1-15-12(17)7-16-13(18)8-22-14(19)9-21-11-5-3-10(20-2)4-6-11/h3-6H,7-9H2,1-2H3,(H,15,17)(H,16,18). The quantitative estimate of drug-likeness (QED) is 0.626. The van der Waals surface area contributed by atoms with Crippen LogP contribution < -0.4 is 20.1 Å². The molecule has 8 nitrogen and oxygen atoms in total. The van der Waals surface area contributed by atoms with Crippen molar-refractivity contribution in [2.75, 3.05) is 33.9 Å². The molecular formula is C14H18N2O6. The molecule has 120 valence electrons. The van der Waals surface area contributed by atoms with Crippen LogP contribution in [0.4, 0.5) is 0 Å². The van der Waals surface area contributed by atoms with Gasteiger partial charge in [0.25, 0.3) is 5.91 Å². The topological polar surface area (TPSA) is 103 Å². The van der Waals surface area contributed by atoms with E-state index in [1.807, 2.05) is 0 Å². The molecule has 1 aromatic rings. The fourth-order valence-electron chi connectivity index (χ4n) is 1.32. The summed E-state index contributed by atoms with van der Waals surface area (Å²) in [6.07, 6.45) is 0. The van der Waals surface area contributed by atoms with Crippen molar-refractivity contribution < 1.29 is 28.6 Å². The second-order valence-corrected chi connectivity index (χ2v) is 4.07. The predicted octanol–water partition coefficient (Wildman–Crippen LogP) is -0.521. The van der Waals surface area contributed by atoms with Crippen LogP contribution in [0, 0.1) is 0 Å². The minimum atomic E-state index is -0.689. The number of amides is 2. The van der Waals surface area contributed by atoms with Crippen LogP contribution in [-0.2, 0) is 19.1 Å². The van der Waals surface area contributed by atoms with Crippen molar-refractivity contribution in [1.29, 1.82) is 0 Å². The van der Waals surface area contributed by atoms with Crippen LogP contribution in [0.1, 0.15) is 0 Å². The Hall–Kier alpha value is -2.77. The first kappa shape index (κ1) is 17.3. The molecular weight excluding hydrogens is 292 g/mol. The zero-order valence-electron chi connectivity index (χ0n) is 12.4. The molecule has 8 heteroatoms. The molecule has 1 aromatic carbocycles. The van der Waals surface area contributed by atoms with Crippen LogP contribution in [-0.4, -0.2) is 51.7 Å². The first-order valence-electron chi connectivity index (χ1n) is 6.45. The van der Waals surface area contributed by atoms with Gasteiger partial charge in [0.15, 0.2) is 13.2 Å². The minimum absolute atomic E-state index is 0.171. The number of hydrogen-bond donors (Lipinski definition) is 2. The smallest absolute Gasteiger partial charge is 0.344 e. The van der Waals surface area contributed by atoms with Crippen LogP contribution >= 0.6 is 0 Å². The van der Waals surface area contributed by atoms with Crippen molar-refractivity contribution in [2.45, 2.75) is 0 Å². The van der Waals surface area contributed by atoms with Crippen molar-refractivity contribution in [3.05, 3.63) is 24.3 Å². The Labute approximate surface area is 127 Å². The molecule has 0 aliphatic carbocycles. The lowest BCUT2D eigenvalue weighted by atomic mass is 10.3. The second-order valence-electron chi connectivity index (χ2n) is 4.07. The van der Waals surface area contributed by atoms with E-state index >= 15 is 0 Å². The molecule has 0 aromatic heterocycles. The Balaban J connectivity index is 2.22. The van der Waals surface area contributed by atoms with E-state index in [2.05, 4.69) is 10.6 Å². The average molecular weight is 310 g/mol. The third-order valence-corrected chi connectivity index (χ3v) is 2.51. The van der Waals surface area contributed by atoms with Crippen LogP contribution in [0.3, 0.4) is 0 Å². The Morgan fingerprint density at radius 2 is 1.64 bits per heavy atom. The number of methoxy groups -OCH3 is 1. The number of carbonyl (C=O) groups excluding carboxylic acids is 3. The summed E-state index contributed by atoms with van der Waals surface area (Å²) in [6, 6.07) is 6.66. The molecule has 0 fully saturated rings. The zero-order chi connectivity index (χ0) is 16.4. The van der Waals surface area contributed by atoms with Gasteiger partial charge >= 0.3 is 5.97 Å². The maximum atomic E-state index is 11.4. The van der Waals surface area contributed by atoms with Crippen LogP contribution in [0.15, 0.2) is 24.3 Å². The molecule has 0 spiro atoms. The van der Waals surface area contributed by atoms with E-state index in [9.17, 15) is 14.4 Å². The van der Waals surface area contributed by atoms with Gasteiger partial charge in [0.05, 0.1) is 13.7 Å². The lowest BCUT2D eigenvalue weighted by Gasteiger charge is -2.08. The number of rotatable bonds is 8. The molecule has 22 heavy (non-hydrogen) atoms. The molecule has 0 aliphatic heterocycles. The number of nitrogens with one attached hydrogen (secondary N) is 2. The summed E-state index contributed by atoms with van der Waals surface area (Å²) < 4.78 is 14.9. The van der Waals surface area contributed by atoms with E-state index in [-0.39, 0.29) is 19.1 Å². The molecule has 0 aliphatic rings. The Morgan fingerprint density at radius 1 is 1.00 bits per heavy atom. The number of esters is 1. The Bertz CT molecular complexity index is 515. The van der Waals surface area contributed by atoms with E-state index in [0.29, 0.717) is 11.5 Å². The zero-order valence-corrected chi connectivity index (χ0v) is 12.4. The van der Waals surface area contributed by atoms with Crippen molar-refractivity contribution in [3.8, 4) is 11.5 Å². The van der Waals surface area contributed by atoms with Gasteiger partial charge in [-0.2, -0.15) is 0 Å². The third kappa shape index (κ3) is 6.60. The van der Waals surface area contributed by atoms with Crippen molar-refractivity contribution in [3.63, 3.8) is 0 Å². The highest BCUT2D eigenvalue weighted by molar-refractivity contribution is 5.86. The molecule has 0 radical (unpaired) electrons. The van der Waals surface area contributed by atoms with Gasteiger partial charge in [0.1, 0.15) is 11.5 Å². The van der Waals surface area contributed by atoms with Gasteiger partial charge < -0.3 is 24.8 Å². The molecule has 1 rings (SSSR count). The van der Waals surface area contributed by atoms with Crippen LogP contribution in [0.5, 0.6) is 11.5 Å².